The average molecular weight is 396 g/mol. The number of ether oxygens (including phenoxy) is 1. The van der Waals surface area contributed by atoms with Gasteiger partial charge in [0.25, 0.3) is 5.91 Å². The van der Waals surface area contributed by atoms with E-state index in [1.54, 1.807) is 30.0 Å². The molecule has 28 heavy (non-hydrogen) atoms. The highest BCUT2D eigenvalue weighted by molar-refractivity contribution is 8.00. The molecule has 2 aliphatic rings. The molecule has 0 aliphatic carbocycles. The third-order valence-corrected chi connectivity index (χ3v) is 6.11. The van der Waals surface area contributed by atoms with Crippen LogP contribution in [-0.4, -0.2) is 35.7 Å². The van der Waals surface area contributed by atoms with Crippen LogP contribution < -0.4 is 10.2 Å². The second-order valence-corrected chi connectivity index (χ2v) is 8.26. The number of hydrogen-bond acceptors (Lipinski definition) is 5. The highest BCUT2D eigenvalue weighted by Gasteiger charge is 2.30. The van der Waals surface area contributed by atoms with E-state index in [-0.39, 0.29) is 17.1 Å². The van der Waals surface area contributed by atoms with Crippen molar-refractivity contribution in [3.63, 3.8) is 0 Å². The van der Waals surface area contributed by atoms with Crippen molar-refractivity contribution in [1.82, 2.24) is 0 Å². The first-order valence-corrected chi connectivity index (χ1v) is 10.0. The van der Waals surface area contributed by atoms with E-state index in [4.69, 9.17) is 4.74 Å². The second-order valence-electron chi connectivity index (χ2n) is 6.88. The van der Waals surface area contributed by atoms with Gasteiger partial charge in [-0.15, -0.1) is 11.8 Å². The summed E-state index contributed by atoms with van der Waals surface area (Å²) in [5.41, 5.74) is 2.88. The fraction of sp³-hybridized carbons (Fsp3) is 0.286. The standard InChI is InChI=1S/C21H20N2O4S/c1-12(20(25)23-10-9-14-5-3-4-6-17(14)23)27-21(26)15-7-8-18-16(11-15)22-19(24)13(2)28-18/h3-8,11-13H,9-10H2,1-2H3,(H,22,24)/t12-,13-/m1/s1. The number of benzene rings is 2. The lowest BCUT2D eigenvalue weighted by Gasteiger charge is -2.23. The predicted octanol–water partition coefficient (Wildman–Crippen LogP) is 3.25. The van der Waals surface area contributed by atoms with Crippen molar-refractivity contribution in [2.45, 2.75) is 36.5 Å². The van der Waals surface area contributed by atoms with E-state index in [0.29, 0.717) is 17.8 Å². The normalized spacial score (nSPS) is 18.7. The van der Waals surface area contributed by atoms with Crippen molar-refractivity contribution in [3.05, 3.63) is 53.6 Å². The summed E-state index contributed by atoms with van der Waals surface area (Å²) in [5.74, 6) is -0.929. The molecule has 1 N–H and O–H groups in total. The van der Waals surface area contributed by atoms with Gasteiger partial charge in [0.2, 0.25) is 5.91 Å². The Labute approximate surface area is 167 Å². The number of fused-ring (bicyclic) bond motifs is 2. The number of nitrogens with one attached hydrogen (secondary N) is 1. The quantitative estimate of drug-likeness (QED) is 0.806. The van der Waals surface area contributed by atoms with Crippen LogP contribution in [-0.2, 0) is 20.7 Å². The molecule has 0 saturated heterocycles. The monoisotopic (exact) mass is 396 g/mol. The lowest BCUT2D eigenvalue weighted by molar-refractivity contribution is -0.126. The van der Waals surface area contributed by atoms with Crippen molar-refractivity contribution in [1.29, 1.82) is 0 Å². The Bertz CT molecular complexity index is 975. The number of thioether (sulfide) groups is 1. The molecule has 0 spiro atoms. The van der Waals surface area contributed by atoms with Crippen LogP contribution >= 0.6 is 11.8 Å². The van der Waals surface area contributed by atoms with E-state index in [1.165, 1.54) is 11.8 Å². The number of anilines is 2. The van der Waals surface area contributed by atoms with Crippen molar-refractivity contribution in [2.75, 3.05) is 16.8 Å². The molecule has 0 radical (unpaired) electrons. The minimum Gasteiger partial charge on any atom is -0.449 e. The van der Waals surface area contributed by atoms with Crippen LogP contribution in [0.25, 0.3) is 0 Å². The van der Waals surface area contributed by atoms with Crippen molar-refractivity contribution in [3.8, 4) is 0 Å². The third kappa shape index (κ3) is 3.38. The van der Waals surface area contributed by atoms with E-state index >= 15 is 0 Å². The fourth-order valence-corrected chi connectivity index (χ4v) is 4.33. The number of esters is 1. The molecule has 0 aromatic heterocycles. The highest BCUT2D eigenvalue weighted by Crippen LogP contribution is 2.36. The van der Waals surface area contributed by atoms with Crippen LogP contribution in [0.15, 0.2) is 47.4 Å². The molecule has 2 aromatic carbocycles. The topological polar surface area (TPSA) is 75.7 Å². The molecule has 2 aliphatic heterocycles. The van der Waals surface area contributed by atoms with E-state index in [9.17, 15) is 14.4 Å². The van der Waals surface area contributed by atoms with Gasteiger partial charge in [-0.2, -0.15) is 0 Å². The summed E-state index contributed by atoms with van der Waals surface area (Å²) in [4.78, 5) is 39.7. The summed E-state index contributed by atoms with van der Waals surface area (Å²) in [6, 6.07) is 12.8. The molecule has 2 heterocycles. The Morgan fingerprint density at radius 2 is 2.04 bits per heavy atom. The molecule has 0 fully saturated rings. The Hall–Kier alpha value is -2.80. The van der Waals surface area contributed by atoms with Gasteiger partial charge in [0.1, 0.15) is 0 Å². The summed E-state index contributed by atoms with van der Waals surface area (Å²) in [6.07, 6.45) is -0.109. The third-order valence-electron chi connectivity index (χ3n) is 4.93. The molecule has 2 atom stereocenters. The number of carbonyl (C=O) groups excluding carboxylic acids is 3. The zero-order chi connectivity index (χ0) is 19.8. The molecule has 7 heteroatoms. The minimum absolute atomic E-state index is 0.0979. The molecule has 4 rings (SSSR count). The number of para-hydroxylation sites is 1. The Morgan fingerprint density at radius 3 is 2.86 bits per heavy atom. The lowest BCUT2D eigenvalue weighted by atomic mass is 10.2. The summed E-state index contributed by atoms with van der Waals surface area (Å²) in [6.45, 7) is 3.99. The van der Waals surface area contributed by atoms with Crippen LogP contribution in [0.2, 0.25) is 0 Å². The van der Waals surface area contributed by atoms with Gasteiger partial charge in [0, 0.05) is 17.1 Å². The molecular formula is C21H20N2O4S. The second kappa shape index (κ2) is 7.31. The zero-order valence-electron chi connectivity index (χ0n) is 15.6. The van der Waals surface area contributed by atoms with Gasteiger partial charge in [0.05, 0.1) is 16.5 Å². The number of hydrogen-bond donors (Lipinski definition) is 1. The highest BCUT2D eigenvalue weighted by atomic mass is 32.2. The Morgan fingerprint density at radius 1 is 1.25 bits per heavy atom. The number of amides is 2. The zero-order valence-corrected chi connectivity index (χ0v) is 16.4. The SMILES string of the molecule is C[C@@H](OC(=O)c1ccc2c(c1)NC(=O)[C@@H](C)S2)C(=O)N1CCc2ccccc21. The number of rotatable bonds is 3. The Kier molecular flexibility index (Phi) is 4.85. The molecule has 0 saturated carbocycles. The average Bonchev–Trinajstić information content (AvgIpc) is 3.12. The molecule has 0 unspecified atom stereocenters. The van der Waals surface area contributed by atoms with E-state index in [2.05, 4.69) is 5.32 Å². The van der Waals surface area contributed by atoms with Gasteiger partial charge in [-0.05, 0) is 50.1 Å². The maximum absolute atomic E-state index is 12.8. The maximum Gasteiger partial charge on any atom is 0.338 e. The minimum atomic E-state index is -0.904. The van der Waals surface area contributed by atoms with Crippen LogP contribution in [0.5, 0.6) is 0 Å². The van der Waals surface area contributed by atoms with Crippen molar-refractivity contribution < 1.29 is 19.1 Å². The lowest BCUT2D eigenvalue weighted by Crippen LogP contribution is -2.39. The van der Waals surface area contributed by atoms with Gasteiger partial charge in [0.15, 0.2) is 6.10 Å². The molecule has 6 nitrogen and oxygen atoms in total. The molecule has 2 amide bonds. The molecular weight excluding hydrogens is 376 g/mol. The van der Waals surface area contributed by atoms with Gasteiger partial charge in [-0.25, -0.2) is 4.79 Å². The summed E-state index contributed by atoms with van der Waals surface area (Å²) in [5, 5.41) is 2.62. The maximum atomic E-state index is 12.8. The number of nitrogens with zero attached hydrogens (tertiary/aromatic N) is 1. The Balaban J connectivity index is 1.46. The van der Waals surface area contributed by atoms with E-state index in [1.807, 2.05) is 31.2 Å². The van der Waals surface area contributed by atoms with E-state index in [0.717, 1.165) is 22.6 Å². The first-order chi connectivity index (χ1) is 13.4. The summed E-state index contributed by atoms with van der Waals surface area (Å²) >= 11 is 1.44. The van der Waals surface area contributed by atoms with Crippen LogP contribution in [0.3, 0.4) is 0 Å². The van der Waals surface area contributed by atoms with Gasteiger partial charge < -0.3 is 15.0 Å². The number of carbonyl (C=O) groups is 3. The first-order valence-electron chi connectivity index (χ1n) is 9.16. The predicted molar refractivity (Wildman–Crippen MR) is 108 cm³/mol. The van der Waals surface area contributed by atoms with Gasteiger partial charge in [-0.3, -0.25) is 9.59 Å². The summed E-state index contributed by atoms with van der Waals surface area (Å²) < 4.78 is 5.41. The molecule has 144 valence electrons. The smallest absolute Gasteiger partial charge is 0.338 e. The largest absolute Gasteiger partial charge is 0.449 e. The van der Waals surface area contributed by atoms with Crippen molar-refractivity contribution in [2.24, 2.45) is 0 Å². The van der Waals surface area contributed by atoms with Crippen LogP contribution in [0, 0.1) is 0 Å². The fourth-order valence-electron chi connectivity index (χ4n) is 3.40. The van der Waals surface area contributed by atoms with Gasteiger partial charge in [-0.1, -0.05) is 18.2 Å². The molecule has 0 bridgehead atoms. The van der Waals surface area contributed by atoms with Crippen LogP contribution in [0.1, 0.15) is 29.8 Å². The van der Waals surface area contributed by atoms with Gasteiger partial charge >= 0.3 is 5.97 Å². The van der Waals surface area contributed by atoms with Crippen LogP contribution in [0.4, 0.5) is 11.4 Å². The van der Waals surface area contributed by atoms with E-state index < -0.39 is 12.1 Å². The molecule has 2 aromatic rings. The summed E-state index contributed by atoms with van der Waals surface area (Å²) in [7, 11) is 0. The van der Waals surface area contributed by atoms with Crippen molar-refractivity contribution >= 4 is 40.9 Å². The first kappa shape index (κ1) is 18.6.